The smallest absolute Gasteiger partial charge is 0.291 e. The summed E-state index contributed by atoms with van der Waals surface area (Å²) in [5, 5.41) is 1.16. The van der Waals surface area contributed by atoms with Gasteiger partial charge < -0.3 is 19.0 Å². The predicted molar refractivity (Wildman–Crippen MR) is 147 cm³/mol. The average Bonchev–Trinajstić information content (AvgIpc) is 3.60. The van der Waals surface area contributed by atoms with Gasteiger partial charge in [0.15, 0.2) is 11.0 Å². The Balaban J connectivity index is 1.49. The van der Waals surface area contributed by atoms with Crippen LogP contribution in [0.4, 0.5) is 5.69 Å². The van der Waals surface area contributed by atoms with E-state index in [4.69, 9.17) is 32.4 Å². The van der Waals surface area contributed by atoms with Gasteiger partial charge in [-0.3, -0.25) is 14.4 Å². The molecule has 3 aliphatic rings. The third kappa shape index (κ3) is 3.50. The van der Waals surface area contributed by atoms with Crippen LogP contribution in [0.2, 0.25) is 10.0 Å². The van der Waals surface area contributed by atoms with Gasteiger partial charge in [-0.15, -0.1) is 0 Å². The van der Waals surface area contributed by atoms with Crippen LogP contribution in [-0.4, -0.2) is 36.0 Å². The van der Waals surface area contributed by atoms with Crippen LogP contribution in [0.25, 0.3) is 11.0 Å². The Bertz CT molecular complexity index is 1730. The molecule has 2 atom stereocenters. The molecule has 9 heteroatoms. The zero-order valence-electron chi connectivity index (χ0n) is 20.7. The monoisotopic (exact) mass is 560 g/mol. The van der Waals surface area contributed by atoms with E-state index in [1.165, 1.54) is 11.0 Å². The van der Waals surface area contributed by atoms with Crippen LogP contribution in [0.3, 0.4) is 0 Å². The fourth-order valence-electron chi connectivity index (χ4n) is 6.13. The number of carbonyl (C=O) groups excluding carboxylic acids is 2. The van der Waals surface area contributed by atoms with E-state index in [1.54, 1.807) is 29.2 Å². The molecular weight excluding hydrogens is 539 g/mol. The summed E-state index contributed by atoms with van der Waals surface area (Å²) in [5.74, 6) is -1.02. The molecule has 1 saturated heterocycles. The Morgan fingerprint density at radius 2 is 1.72 bits per heavy atom. The molecule has 196 valence electrons. The van der Waals surface area contributed by atoms with Gasteiger partial charge in [0.25, 0.3) is 11.8 Å². The van der Waals surface area contributed by atoms with Gasteiger partial charge in [-0.1, -0.05) is 53.5 Å². The molecule has 1 fully saturated rings. The minimum absolute atomic E-state index is 0.0244. The maximum atomic E-state index is 14.8. The van der Waals surface area contributed by atoms with E-state index in [9.17, 15) is 14.4 Å². The van der Waals surface area contributed by atoms with Crippen LogP contribution in [0, 0.1) is 0 Å². The molecule has 2 unspecified atom stereocenters. The first-order valence-electron chi connectivity index (χ1n) is 12.8. The lowest BCUT2D eigenvalue weighted by molar-refractivity contribution is -0.126. The van der Waals surface area contributed by atoms with Crippen LogP contribution in [0.1, 0.15) is 40.1 Å². The van der Waals surface area contributed by atoms with Crippen molar-refractivity contribution in [2.24, 2.45) is 0 Å². The van der Waals surface area contributed by atoms with E-state index in [-0.39, 0.29) is 41.5 Å². The summed E-state index contributed by atoms with van der Waals surface area (Å²) in [6.07, 6.45) is 1.35. The molecule has 4 aromatic rings. The number of benzene rings is 3. The van der Waals surface area contributed by atoms with Gasteiger partial charge in [0.1, 0.15) is 5.58 Å². The lowest BCUT2D eigenvalue weighted by Gasteiger charge is -2.35. The second-order valence-corrected chi connectivity index (χ2v) is 10.9. The van der Waals surface area contributed by atoms with E-state index in [0.29, 0.717) is 27.9 Å². The van der Waals surface area contributed by atoms with E-state index < -0.39 is 22.8 Å². The average molecular weight is 561 g/mol. The molecule has 0 N–H and O–H groups in total. The van der Waals surface area contributed by atoms with Crippen molar-refractivity contribution < 1.29 is 18.7 Å². The summed E-state index contributed by atoms with van der Waals surface area (Å²) in [6.45, 7) is 0.963. The molecular formula is C30H22Cl2N2O5. The molecule has 1 spiro atoms. The number of para-hydroxylation sites is 1. The molecule has 7 rings (SSSR count). The fraction of sp³-hybridized carbons (Fsp3) is 0.233. The number of rotatable bonds is 4. The molecule has 0 bridgehead atoms. The summed E-state index contributed by atoms with van der Waals surface area (Å²) < 4.78 is 12.0. The molecule has 7 nitrogen and oxygen atoms in total. The normalized spacial score (nSPS) is 21.8. The predicted octanol–water partition coefficient (Wildman–Crippen LogP) is 5.53. The maximum Gasteiger partial charge on any atom is 0.291 e. The summed E-state index contributed by atoms with van der Waals surface area (Å²) in [7, 11) is 0. The van der Waals surface area contributed by atoms with Crippen LogP contribution in [0.15, 0.2) is 75.9 Å². The van der Waals surface area contributed by atoms with Crippen LogP contribution < -0.4 is 10.3 Å². The summed E-state index contributed by atoms with van der Waals surface area (Å²) in [5.41, 5.74) is 0.154. The lowest BCUT2D eigenvalue weighted by atomic mass is 9.83. The second kappa shape index (κ2) is 8.95. The van der Waals surface area contributed by atoms with E-state index in [2.05, 4.69) is 0 Å². The van der Waals surface area contributed by atoms with Crippen LogP contribution in [-0.2, 0) is 21.6 Å². The van der Waals surface area contributed by atoms with Gasteiger partial charge in [-0.25, -0.2) is 0 Å². The Morgan fingerprint density at radius 1 is 0.949 bits per heavy atom. The van der Waals surface area contributed by atoms with Gasteiger partial charge in [-0.05, 0) is 54.8 Å². The lowest BCUT2D eigenvalue weighted by Crippen LogP contribution is -2.55. The summed E-state index contributed by atoms with van der Waals surface area (Å²) in [6, 6.07) is 19.2. The van der Waals surface area contributed by atoms with Gasteiger partial charge >= 0.3 is 0 Å². The first-order chi connectivity index (χ1) is 18.9. The number of ether oxygens (including phenoxy) is 1. The number of carbonyl (C=O) groups is 2. The zero-order valence-corrected chi connectivity index (χ0v) is 22.2. The molecule has 3 aliphatic heterocycles. The quantitative estimate of drug-likeness (QED) is 0.328. The van der Waals surface area contributed by atoms with Gasteiger partial charge in [-0.2, -0.15) is 0 Å². The molecule has 4 heterocycles. The van der Waals surface area contributed by atoms with Crippen molar-refractivity contribution >= 4 is 51.7 Å². The topological polar surface area (TPSA) is 80.1 Å². The number of halogens is 2. The SMILES string of the molecule is O=C1c2oc3ccc(Cl)cc3c(=O)c2C2(C(=O)N(Cc3ccc(Cl)cc3)c3ccccc32)N1CC1CCCO1. The number of nitrogens with zero attached hydrogens (tertiary/aromatic N) is 2. The first-order valence-corrected chi connectivity index (χ1v) is 13.5. The number of amides is 2. The minimum atomic E-state index is -1.70. The van der Waals surface area contributed by atoms with Crippen molar-refractivity contribution in [3.8, 4) is 0 Å². The van der Waals surface area contributed by atoms with Crippen molar-refractivity contribution in [1.29, 1.82) is 0 Å². The van der Waals surface area contributed by atoms with Crippen molar-refractivity contribution in [1.82, 2.24) is 4.90 Å². The molecule has 0 aliphatic carbocycles. The van der Waals surface area contributed by atoms with Crippen molar-refractivity contribution in [2.45, 2.75) is 31.0 Å². The Labute approximate surface area is 233 Å². The fourth-order valence-corrected chi connectivity index (χ4v) is 6.43. The highest BCUT2D eigenvalue weighted by molar-refractivity contribution is 6.31. The molecule has 0 radical (unpaired) electrons. The zero-order chi connectivity index (χ0) is 26.9. The number of fused-ring (bicyclic) bond motifs is 5. The summed E-state index contributed by atoms with van der Waals surface area (Å²) in [4.78, 5) is 46.2. The highest BCUT2D eigenvalue weighted by atomic mass is 35.5. The number of hydrogen-bond acceptors (Lipinski definition) is 5. The van der Waals surface area contributed by atoms with Crippen LogP contribution in [0.5, 0.6) is 0 Å². The highest BCUT2D eigenvalue weighted by Crippen LogP contribution is 2.53. The van der Waals surface area contributed by atoms with E-state index >= 15 is 0 Å². The van der Waals surface area contributed by atoms with Gasteiger partial charge in [0.2, 0.25) is 5.76 Å². The maximum absolute atomic E-state index is 14.8. The Morgan fingerprint density at radius 3 is 2.49 bits per heavy atom. The standard InChI is InChI=1S/C30H22Cl2N2O5/c31-18-9-7-17(8-10-18)15-33-23-6-2-1-5-22(23)30(29(33)37)25-26(35)21-14-19(32)11-12-24(21)39-27(25)28(36)34(30)16-20-4-3-13-38-20/h1-2,5-12,14,20H,3-4,13,15-16H2. The van der Waals surface area contributed by atoms with E-state index in [1.807, 2.05) is 36.4 Å². The molecule has 1 aromatic heterocycles. The molecule has 39 heavy (non-hydrogen) atoms. The second-order valence-electron chi connectivity index (χ2n) is 10.1. The van der Waals surface area contributed by atoms with Crippen molar-refractivity contribution in [3.05, 3.63) is 109 Å². The molecule has 0 saturated carbocycles. The van der Waals surface area contributed by atoms with E-state index in [0.717, 1.165) is 18.4 Å². The van der Waals surface area contributed by atoms with Crippen LogP contribution >= 0.6 is 23.2 Å². The Hall–Kier alpha value is -3.65. The third-order valence-electron chi connectivity index (χ3n) is 7.86. The van der Waals surface area contributed by atoms with Crippen molar-refractivity contribution in [3.63, 3.8) is 0 Å². The third-order valence-corrected chi connectivity index (χ3v) is 8.35. The van der Waals surface area contributed by atoms with Gasteiger partial charge in [0.05, 0.1) is 29.3 Å². The molecule has 2 amide bonds. The first kappa shape index (κ1) is 24.4. The summed E-state index contributed by atoms with van der Waals surface area (Å²) >= 11 is 12.3. The van der Waals surface area contributed by atoms with Gasteiger partial charge in [0, 0.05) is 28.8 Å². The van der Waals surface area contributed by atoms with Crippen molar-refractivity contribution in [2.75, 3.05) is 18.1 Å². The number of anilines is 1. The Kier molecular flexibility index (Phi) is 5.60. The highest BCUT2D eigenvalue weighted by Gasteiger charge is 2.65. The number of hydrogen-bond donors (Lipinski definition) is 0. The largest absolute Gasteiger partial charge is 0.450 e. The minimum Gasteiger partial charge on any atom is -0.450 e. The molecule has 3 aromatic carbocycles.